The van der Waals surface area contributed by atoms with Gasteiger partial charge in [0.05, 0.1) is 6.20 Å². The van der Waals surface area contributed by atoms with Crippen LogP contribution >= 0.6 is 0 Å². The maximum absolute atomic E-state index is 10.7. The molecular weight excluding hydrogens is 298 g/mol. The molecule has 0 amide bonds. The second-order valence-electron chi connectivity index (χ2n) is 7.76. The molecule has 0 saturated heterocycles. The second-order valence-corrected chi connectivity index (χ2v) is 7.76. The summed E-state index contributed by atoms with van der Waals surface area (Å²) in [4.78, 5) is 0. The lowest BCUT2D eigenvalue weighted by Crippen LogP contribution is -2.44. The molecule has 1 unspecified atom stereocenters. The summed E-state index contributed by atoms with van der Waals surface area (Å²) in [5.74, 6) is 0. The van der Waals surface area contributed by atoms with Crippen molar-refractivity contribution in [2.75, 3.05) is 6.54 Å². The third kappa shape index (κ3) is 3.70. The molecule has 1 heterocycles. The van der Waals surface area contributed by atoms with E-state index in [4.69, 9.17) is 0 Å². The summed E-state index contributed by atoms with van der Waals surface area (Å²) in [5.41, 5.74) is 1.72. The van der Waals surface area contributed by atoms with Crippen molar-refractivity contribution in [3.05, 3.63) is 53.9 Å². The molecule has 1 aromatic carbocycles. The Morgan fingerprint density at radius 1 is 1.29 bits per heavy atom. The molecule has 1 fully saturated rings. The Morgan fingerprint density at radius 2 is 1.96 bits per heavy atom. The predicted molar refractivity (Wildman–Crippen MR) is 96.8 cm³/mol. The number of aromatic nitrogens is 2. The lowest BCUT2D eigenvalue weighted by atomic mass is 9.69. The van der Waals surface area contributed by atoms with Crippen LogP contribution in [0, 0.1) is 0 Å². The summed E-state index contributed by atoms with van der Waals surface area (Å²) in [7, 11) is 1.87. The Kier molecular flexibility index (Phi) is 4.79. The number of rotatable bonds is 5. The highest BCUT2D eigenvalue weighted by Gasteiger charge is 2.33. The topological polar surface area (TPSA) is 50.1 Å². The van der Waals surface area contributed by atoms with Crippen molar-refractivity contribution in [2.45, 2.75) is 56.6 Å². The summed E-state index contributed by atoms with van der Waals surface area (Å²) in [6.45, 7) is 4.80. The first kappa shape index (κ1) is 17.2. The van der Waals surface area contributed by atoms with Gasteiger partial charge in [-0.05, 0) is 43.6 Å². The van der Waals surface area contributed by atoms with Crippen LogP contribution in [0.3, 0.4) is 0 Å². The van der Waals surface area contributed by atoms with Gasteiger partial charge in [0.2, 0.25) is 0 Å². The van der Waals surface area contributed by atoms with Gasteiger partial charge in [-0.15, -0.1) is 0 Å². The van der Waals surface area contributed by atoms with Crippen molar-refractivity contribution in [1.29, 1.82) is 0 Å². The largest absolute Gasteiger partial charge is 0.384 e. The molecule has 1 aliphatic rings. The van der Waals surface area contributed by atoms with Gasteiger partial charge in [0.15, 0.2) is 0 Å². The molecule has 0 spiro atoms. The molecule has 1 aliphatic carbocycles. The Hall–Kier alpha value is -1.65. The van der Waals surface area contributed by atoms with Gasteiger partial charge < -0.3 is 10.4 Å². The Morgan fingerprint density at radius 3 is 2.54 bits per heavy atom. The van der Waals surface area contributed by atoms with Gasteiger partial charge in [0.25, 0.3) is 0 Å². The van der Waals surface area contributed by atoms with E-state index in [9.17, 15) is 5.11 Å². The van der Waals surface area contributed by atoms with E-state index >= 15 is 0 Å². The summed E-state index contributed by atoms with van der Waals surface area (Å²) in [5, 5.41) is 18.4. The standard InChI is InChI=1S/C20H29N3O/c1-19(16-7-5-4-6-8-16)11-9-18(10-12-19)21-15-20(2,24)17-13-22-23(3)14-17/h4-8,13-14,18,21,24H,9-12,15H2,1-3H3. The lowest BCUT2D eigenvalue weighted by Gasteiger charge is -2.39. The van der Waals surface area contributed by atoms with Crippen molar-refractivity contribution >= 4 is 0 Å². The molecule has 1 saturated carbocycles. The summed E-state index contributed by atoms with van der Waals surface area (Å²) in [6, 6.07) is 11.3. The number of nitrogens with zero attached hydrogens (tertiary/aromatic N) is 2. The zero-order valence-corrected chi connectivity index (χ0v) is 15.0. The van der Waals surface area contributed by atoms with Crippen molar-refractivity contribution in [1.82, 2.24) is 15.1 Å². The minimum atomic E-state index is -0.881. The maximum atomic E-state index is 10.7. The van der Waals surface area contributed by atoms with E-state index in [-0.39, 0.29) is 5.41 Å². The van der Waals surface area contributed by atoms with Crippen LogP contribution in [0.4, 0.5) is 0 Å². The Labute approximate surface area is 144 Å². The van der Waals surface area contributed by atoms with Crippen molar-refractivity contribution in [3.63, 3.8) is 0 Å². The van der Waals surface area contributed by atoms with Crippen LogP contribution in [0.5, 0.6) is 0 Å². The quantitative estimate of drug-likeness (QED) is 0.887. The molecular formula is C20H29N3O. The van der Waals surface area contributed by atoms with Gasteiger partial charge in [0, 0.05) is 31.4 Å². The predicted octanol–water partition coefficient (Wildman–Crippen LogP) is 3.12. The highest BCUT2D eigenvalue weighted by molar-refractivity contribution is 5.25. The fourth-order valence-electron chi connectivity index (χ4n) is 3.73. The molecule has 1 aromatic heterocycles. The SMILES string of the molecule is Cn1cc(C(C)(O)CNC2CCC(C)(c3ccccc3)CC2)cn1. The van der Waals surface area contributed by atoms with E-state index in [1.807, 2.05) is 20.2 Å². The number of aliphatic hydroxyl groups is 1. The highest BCUT2D eigenvalue weighted by atomic mass is 16.3. The molecule has 4 nitrogen and oxygen atoms in total. The van der Waals surface area contributed by atoms with E-state index < -0.39 is 5.60 Å². The average molecular weight is 327 g/mol. The summed E-state index contributed by atoms with van der Waals surface area (Å²) in [6.07, 6.45) is 8.29. The Bertz CT molecular complexity index is 655. The molecule has 1 atom stereocenters. The minimum absolute atomic E-state index is 0.283. The van der Waals surface area contributed by atoms with E-state index in [2.05, 4.69) is 47.7 Å². The van der Waals surface area contributed by atoms with Crippen molar-refractivity contribution in [3.8, 4) is 0 Å². The van der Waals surface area contributed by atoms with Crippen LogP contribution in [0.1, 0.15) is 50.7 Å². The lowest BCUT2D eigenvalue weighted by molar-refractivity contribution is 0.0510. The van der Waals surface area contributed by atoms with E-state index in [0.717, 1.165) is 18.4 Å². The molecule has 24 heavy (non-hydrogen) atoms. The first-order valence-corrected chi connectivity index (χ1v) is 8.89. The first-order valence-electron chi connectivity index (χ1n) is 8.89. The number of benzene rings is 1. The normalized spacial score (nSPS) is 26.9. The third-order valence-corrected chi connectivity index (χ3v) is 5.62. The van der Waals surface area contributed by atoms with Gasteiger partial charge in [-0.2, -0.15) is 5.10 Å². The maximum Gasteiger partial charge on any atom is 0.102 e. The van der Waals surface area contributed by atoms with E-state index in [1.54, 1.807) is 10.9 Å². The molecule has 130 valence electrons. The molecule has 2 aromatic rings. The molecule has 3 rings (SSSR count). The summed E-state index contributed by atoms with van der Waals surface area (Å²) >= 11 is 0. The van der Waals surface area contributed by atoms with Gasteiger partial charge in [-0.3, -0.25) is 4.68 Å². The highest BCUT2D eigenvalue weighted by Crippen LogP contribution is 2.39. The van der Waals surface area contributed by atoms with Crippen LogP contribution < -0.4 is 5.32 Å². The van der Waals surface area contributed by atoms with Gasteiger partial charge in [-0.1, -0.05) is 37.3 Å². The fourth-order valence-corrected chi connectivity index (χ4v) is 3.73. The van der Waals surface area contributed by atoms with E-state index in [0.29, 0.717) is 12.6 Å². The molecule has 0 radical (unpaired) electrons. The van der Waals surface area contributed by atoms with E-state index in [1.165, 1.54) is 18.4 Å². The van der Waals surface area contributed by atoms with Crippen LogP contribution in [0.25, 0.3) is 0 Å². The molecule has 2 N–H and O–H groups in total. The van der Waals surface area contributed by atoms with Gasteiger partial charge >= 0.3 is 0 Å². The number of aryl methyl sites for hydroxylation is 1. The third-order valence-electron chi connectivity index (χ3n) is 5.62. The van der Waals surface area contributed by atoms with Gasteiger partial charge in [0.1, 0.15) is 5.60 Å². The molecule has 4 heteroatoms. The zero-order valence-electron chi connectivity index (χ0n) is 15.0. The van der Waals surface area contributed by atoms with Crippen LogP contribution in [-0.4, -0.2) is 27.5 Å². The van der Waals surface area contributed by atoms with Crippen molar-refractivity contribution < 1.29 is 5.11 Å². The minimum Gasteiger partial charge on any atom is -0.384 e. The molecule has 0 aliphatic heterocycles. The zero-order chi connectivity index (χ0) is 17.2. The Balaban J connectivity index is 1.54. The van der Waals surface area contributed by atoms with Crippen LogP contribution in [0.2, 0.25) is 0 Å². The number of hydrogen-bond donors (Lipinski definition) is 2. The van der Waals surface area contributed by atoms with Crippen LogP contribution in [0.15, 0.2) is 42.7 Å². The average Bonchev–Trinajstić information content (AvgIpc) is 3.03. The van der Waals surface area contributed by atoms with Gasteiger partial charge in [-0.25, -0.2) is 0 Å². The first-order chi connectivity index (χ1) is 11.4. The smallest absolute Gasteiger partial charge is 0.102 e. The fraction of sp³-hybridized carbons (Fsp3) is 0.550. The van der Waals surface area contributed by atoms with Crippen LogP contribution in [-0.2, 0) is 18.1 Å². The van der Waals surface area contributed by atoms with Crippen molar-refractivity contribution in [2.24, 2.45) is 7.05 Å². The number of hydrogen-bond acceptors (Lipinski definition) is 3. The number of nitrogens with one attached hydrogen (secondary N) is 1. The monoisotopic (exact) mass is 327 g/mol. The summed E-state index contributed by atoms with van der Waals surface area (Å²) < 4.78 is 1.73. The molecule has 0 bridgehead atoms. The second kappa shape index (κ2) is 6.69.